The average molecular weight is 370 g/mol. The molecule has 1 aliphatic carbocycles. The molecule has 0 bridgehead atoms. The normalized spacial score (nSPS) is 15.1. The van der Waals surface area contributed by atoms with Crippen LogP contribution in [-0.2, 0) is 30.9 Å². The number of aryl methyl sites for hydroxylation is 2. The van der Waals surface area contributed by atoms with Crippen LogP contribution in [0.4, 0.5) is 18.9 Å². The number of nitrogens with zero attached hydrogens (tertiary/aromatic N) is 3. The van der Waals surface area contributed by atoms with Gasteiger partial charge in [0.05, 0.1) is 5.25 Å². The van der Waals surface area contributed by atoms with Gasteiger partial charge in [0.2, 0.25) is 11.7 Å². The molecule has 1 amide bonds. The molecule has 0 radical (unpaired) electrons. The Hall–Kier alpha value is -2.03. The van der Waals surface area contributed by atoms with Gasteiger partial charge in [-0.2, -0.15) is 13.2 Å². The number of rotatable bonds is 4. The second-order valence-corrected chi connectivity index (χ2v) is 7.26. The van der Waals surface area contributed by atoms with Crippen LogP contribution in [0.1, 0.15) is 30.3 Å². The number of nitrogens with one attached hydrogen (secondary N) is 1. The molecule has 9 heteroatoms. The summed E-state index contributed by atoms with van der Waals surface area (Å²) in [6.45, 7) is 1.62. The Kier molecular flexibility index (Phi) is 4.77. The summed E-state index contributed by atoms with van der Waals surface area (Å²) < 4.78 is 39.1. The van der Waals surface area contributed by atoms with Gasteiger partial charge in [0.25, 0.3) is 0 Å². The fourth-order valence-corrected chi connectivity index (χ4v) is 3.58. The number of anilines is 1. The van der Waals surface area contributed by atoms with Crippen LogP contribution >= 0.6 is 11.8 Å². The molecule has 0 aliphatic heterocycles. The molecule has 3 rings (SSSR count). The topological polar surface area (TPSA) is 59.8 Å². The molecule has 1 N–H and O–H groups in total. The van der Waals surface area contributed by atoms with Crippen molar-refractivity contribution >= 4 is 23.4 Å². The molecule has 1 atom stereocenters. The Balaban J connectivity index is 1.66. The molecule has 1 aromatic heterocycles. The zero-order valence-electron chi connectivity index (χ0n) is 13.7. The molecule has 1 aliphatic rings. The second-order valence-electron chi connectivity index (χ2n) is 5.95. The maximum Gasteiger partial charge on any atom is 0.451 e. The van der Waals surface area contributed by atoms with Crippen molar-refractivity contribution in [2.24, 2.45) is 7.05 Å². The van der Waals surface area contributed by atoms with Crippen molar-refractivity contribution in [3.8, 4) is 0 Å². The van der Waals surface area contributed by atoms with Crippen LogP contribution in [0, 0.1) is 0 Å². The molecular weight excluding hydrogens is 353 g/mol. The number of benzene rings is 1. The maximum absolute atomic E-state index is 12.7. The summed E-state index contributed by atoms with van der Waals surface area (Å²) in [4.78, 5) is 12.3. The van der Waals surface area contributed by atoms with Gasteiger partial charge >= 0.3 is 6.18 Å². The quantitative estimate of drug-likeness (QED) is 0.838. The van der Waals surface area contributed by atoms with Gasteiger partial charge in [-0.1, -0.05) is 17.8 Å². The van der Waals surface area contributed by atoms with Crippen LogP contribution in [0.3, 0.4) is 0 Å². The van der Waals surface area contributed by atoms with Crippen molar-refractivity contribution in [2.45, 2.75) is 42.8 Å². The van der Waals surface area contributed by atoms with Crippen LogP contribution in [-0.4, -0.2) is 25.9 Å². The van der Waals surface area contributed by atoms with Gasteiger partial charge in [-0.15, -0.1) is 10.2 Å². The lowest BCUT2D eigenvalue weighted by atomic mass is 10.1. The van der Waals surface area contributed by atoms with Crippen molar-refractivity contribution in [3.05, 3.63) is 35.2 Å². The summed E-state index contributed by atoms with van der Waals surface area (Å²) in [6.07, 6.45) is -1.39. The number of hydrogen-bond acceptors (Lipinski definition) is 4. The first kappa shape index (κ1) is 17.8. The Morgan fingerprint density at radius 1 is 1.28 bits per heavy atom. The smallest absolute Gasteiger partial charge is 0.325 e. The summed E-state index contributed by atoms with van der Waals surface area (Å²) in [5.41, 5.74) is 3.24. The minimum absolute atomic E-state index is 0.0453. The fraction of sp³-hybridized carbons (Fsp3) is 0.438. The Labute approximate surface area is 147 Å². The number of alkyl halides is 3. The predicted octanol–water partition coefficient (Wildman–Crippen LogP) is 3.44. The molecular formula is C16H17F3N4OS. The molecule has 0 spiro atoms. The molecule has 0 fully saturated rings. The molecule has 0 saturated carbocycles. The molecule has 2 aromatic rings. The lowest BCUT2D eigenvalue weighted by Gasteiger charge is -2.13. The van der Waals surface area contributed by atoms with Crippen molar-refractivity contribution in [3.63, 3.8) is 0 Å². The number of carbonyl (C=O) groups excluding carboxylic acids is 1. The lowest BCUT2D eigenvalue weighted by molar-refractivity contribution is -0.147. The summed E-state index contributed by atoms with van der Waals surface area (Å²) in [5, 5.41) is 8.93. The van der Waals surface area contributed by atoms with Gasteiger partial charge in [0, 0.05) is 12.7 Å². The van der Waals surface area contributed by atoms with E-state index >= 15 is 0 Å². The highest BCUT2D eigenvalue weighted by molar-refractivity contribution is 8.00. The molecule has 5 nitrogen and oxygen atoms in total. The number of halogens is 3. The first-order valence-corrected chi connectivity index (χ1v) is 8.69. The van der Waals surface area contributed by atoms with E-state index in [-0.39, 0.29) is 11.1 Å². The van der Waals surface area contributed by atoms with Crippen LogP contribution in [0.5, 0.6) is 0 Å². The highest BCUT2D eigenvalue weighted by atomic mass is 32.2. The zero-order chi connectivity index (χ0) is 18.2. The molecule has 134 valence electrons. The number of carbonyl (C=O) groups is 1. The Morgan fingerprint density at radius 2 is 2.00 bits per heavy atom. The van der Waals surface area contributed by atoms with E-state index in [1.807, 2.05) is 18.2 Å². The van der Waals surface area contributed by atoms with Gasteiger partial charge in [-0.25, -0.2) is 0 Å². The van der Waals surface area contributed by atoms with Crippen LogP contribution in [0.15, 0.2) is 23.4 Å². The lowest BCUT2D eigenvalue weighted by Crippen LogP contribution is -2.23. The van der Waals surface area contributed by atoms with Gasteiger partial charge in [-0.05, 0) is 49.4 Å². The standard InChI is InChI=1S/C16H17F3N4OS/c1-9(25-15-22-21-14(23(15)2)16(17,18)19)13(24)20-12-7-6-10-4-3-5-11(10)8-12/h6-9H,3-5H2,1-2H3,(H,20,24)/t9-/m0/s1. The maximum atomic E-state index is 12.7. The third-order valence-corrected chi connectivity index (χ3v) is 5.24. The van der Waals surface area contributed by atoms with Crippen molar-refractivity contribution in [1.29, 1.82) is 0 Å². The third-order valence-electron chi connectivity index (χ3n) is 4.11. The molecule has 0 unspecified atom stereocenters. The van der Waals surface area contributed by atoms with Crippen molar-refractivity contribution < 1.29 is 18.0 Å². The highest BCUT2D eigenvalue weighted by Crippen LogP contribution is 2.31. The van der Waals surface area contributed by atoms with Gasteiger partial charge in [-0.3, -0.25) is 4.79 Å². The summed E-state index contributed by atoms with van der Waals surface area (Å²) in [6, 6.07) is 5.82. The summed E-state index contributed by atoms with van der Waals surface area (Å²) in [7, 11) is 1.23. The third kappa shape index (κ3) is 3.81. The number of thioether (sulfide) groups is 1. The van der Waals surface area contributed by atoms with E-state index in [1.54, 1.807) is 6.92 Å². The Morgan fingerprint density at radius 3 is 2.68 bits per heavy atom. The van der Waals surface area contributed by atoms with E-state index in [0.29, 0.717) is 5.69 Å². The van der Waals surface area contributed by atoms with E-state index in [4.69, 9.17) is 0 Å². The van der Waals surface area contributed by atoms with Gasteiger partial charge in [0.15, 0.2) is 5.16 Å². The largest absolute Gasteiger partial charge is 0.451 e. The monoisotopic (exact) mass is 370 g/mol. The van der Waals surface area contributed by atoms with Crippen LogP contribution in [0.2, 0.25) is 0 Å². The van der Waals surface area contributed by atoms with E-state index < -0.39 is 17.3 Å². The molecule has 25 heavy (non-hydrogen) atoms. The van der Waals surface area contributed by atoms with E-state index in [2.05, 4.69) is 15.5 Å². The molecule has 1 heterocycles. The van der Waals surface area contributed by atoms with E-state index in [1.165, 1.54) is 18.2 Å². The predicted molar refractivity (Wildman–Crippen MR) is 88.4 cm³/mol. The van der Waals surface area contributed by atoms with Gasteiger partial charge < -0.3 is 9.88 Å². The number of fused-ring (bicyclic) bond motifs is 1. The van der Waals surface area contributed by atoms with Crippen molar-refractivity contribution in [1.82, 2.24) is 14.8 Å². The van der Waals surface area contributed by atoms with Crippen LogP contribution in [0.25, 0.3) is 0 Å². The van der Waals surface area contributed by atoms with E-state index in [9.17, 15) is 18.0 Å². The molecule has 1 aromatic carbocycles. The second kappa shape index (κ2) is 6.70. The SMILES string of the molecule is C[C@H](Sc1nnc(C(F)(F)F)n1C)C(=O)Nc1ccc2c(c1)CCC2. The number of aromatic nitrogens is 3. The van der Waals surface area contributed by atoms with Crippen molar-refractivity contribution in [2.75, 3.05) is 5.32 Å². The van der Waals surface area contributed by atoms with Gasteiger partial charge in [0.1, 0.15) is 0 Å². The fourth-order valence-electron chi connectivity index (χ4n) is 2.77. The van der Waals surface area contributed by atoms with Crippen LogP contribution < -0.4 is 5.32 Å². The zero-order valence-corrected chi connectivity index (χ0v) is 14.5. The van der Waals surface area contributed by atoms with E-state index in [0.717, 1.165) is 35.6 Å². The number of hydrogen-bond donors (Lipinski definition) is 1. The first-order valence-electron chi connectivity index (χ1n) is 7.81. The Bertz CT molecular complexity index is 803. The first-order chi connectivity index (χ1) is 11.8. The minimum atomic E-state index is -4.57. The number of amides is 1. The summed E-state index contributed by atoms with van der Waals surface area (Å²) >= 11 is 0.937. The summed E-state index contributed by atoms with van der Waals surface area (Å²) in [5.74, 6) is -1.37. The highest BCUT2D eigenvalue weighted by Gasteiger charge is 2.37. The minimum Gasteiger partial charge on any atom is -0.325 e. The molecule has 0 saturated heterocycles. The average Bonchev–Trinajstić information content (AvgIpc) is 3.13.